The molecule has 8 nitrogen and oxygen atoms in total. The molecule has 0 aromatic heterocycles. The Hall–Kier alpha value is -1.68. The molecule has 0 aromatic carbocycles. The van der Waals surface area contributed by atoms with Crippen LogP contribution in [0.3, 0.4) is 0 Å². The summed E-state index contributed by atoms with van der Waals surface area (Å²) in [6, 6.07) is 0. The van der Waals surface area contributed by atoms with Gasteiger partial charge >= 0.3 is 0 Å². The predicted molar refractivity (Wildman–Crippen MR) is 55.7 cm³/mol. The van der Waals surface area contributed by atoms with Crippen LogP contribution in [0.1, 0.15) is 0 Å². The molecule has 0 spiro atoms. The number of hydrogen-bond acceptors (Lipinski definition) is 7. The van der Waals surface area contributed by atoms with Gasteiger partial charge < -0.3 is 10.4 Å². The predicted octanol–water partition coefficient (Wildman–Crippen LogP) is -1.91. The highest BCUT2D eigenvalue weighted by molar-refractivity contribution is 7.80. The lowest BCUT2D eigenvalue weighted by molar-refractivity contribution is -0.125. The average molecular weight is 243 g/mol. The van der Waals surface area contributed by atoms with Gasteiger partial charge in [-0.1, -0.05) is 12.2 Å². The fraction of sp³-hybridized carbons (Fsp3) is 0.143. The molecule has 9 heteroatoms. The zero-order valence-electron chi connectivity index (χ0n) is 7.97. The zero-order chi connectivity index (χ0) is 11.7. The summed E-state index contributed by atoms with van der Waals surface area (Å²) in [5.41, 5.74) is 4.38. The summed E-state index contributed by atoms with van der Waals surface area (Å²) in [4.78, 5) is 11.5. The number of hydrogen-bond donors (Lipinski definition) is 5. The molecule has 0 unspecified atom stereocenters. The van der Waals surface area contributed by atoms with Crippen molar-refractivity contribution in [1.29, 1.82) is 0 Å². The van der Waals surface area contributed by atoms with Gasteiger partial charge in [-0.2, -0.15) is 0 Å². The van der Waals surface area contributed by atoms with Crippen molar-refractivity contribution in [2.75, 3.05) is 6.73 Å². The van der Waals surface area contributed by atoms with Gasteiger partial charge in [-0.05, 0) is 0 Å². The van der Waals surface area contributed by atoms with E-state index in [0.29, 0.717) is 10.8 Å². The Morgan fingerprint density at radius 1 is 1.62 bits per heavy atom. The lowest BCUT2D eigenvalue weighted by Crippen LogP contribution is -2.48. The lowest BCUT2D eigenvalue weighted by atomic mass is 10.3. The molecule has 0 bridgehead atoms. The van der Waals surface area contributed by atoms with Crippen LogP contribution < -0.4 is 16.3 Å². The summed E-state index contributed by atoms with van der Waals surface area (Å²) >= 11 is 5.02. The van der Waals surface area contributed by atoms with Crippen molar-refractivity contribution in [3.8, 4) is 0 Å². The summed E-state index contributed by atoms with van der Waals surface area (Å²) < 4.78 is 0. The van der Waals surface area contributed by atoms with Crippen LogP contribution in [0.5, 0.6) is 0 Å². The summed E-state index contributed by atoms with van der Waals surface area (Å²) in [5, 5.41) is 23.0. The smallest absolute Gasteiger partial charge is 0.291 e. The Morgan fingerprint density at radius 2 is 2.38 bits per heavy atom. The summed E-state index contributed by atoms with van der Waals surface area (Å²) in [5.74, 6) is -0.203. The second kappa shape index (κ2) is 4.06. The van der Waals surface area contributed by atoms with Crippen LogP contribution in [-0.4, -0.2) is 38.0 Å². The van der Waals surface area contributed by atoms with Crippen LogP contribution in [-0.2, 0) is 4.79 Å². The maximum absolute atomic E-state index is 11.2. The van der Waals surface area contributed by atoms with E-state index in [0.717, 1.165) is 0 Å². The third-order valence-electron chi connectivity index (χ3n) is 2.00. The molecule has 16 heavy (non-hydrogen) atoms. The third kappa shape index (κ3) is 1.72. The molecule has 0 saturated heterocycles. The molecular weight excluding hydrogens is 234 g/mol. The largest absolute Gasteiger partial charge is 0.375 e. The number of aliphatic hydroxyl groups excluding tert-OH is 1. The van der Waals surface area contributed by atoms with Crippen LogP contribution in [0, 0.1) is 0 Å². The molecule has 2 aliphatic rings. The molecule has 2 aliphatic heterocycles. The monoisotopic (exact) mass is 243 g/mol. The molecular formula is C7H9N5O3S. The molecule has 0 aliphatic carbocycles. The highest BCUT2D eigenvalue weighted by Crippen LogP contribution is 2.16. The normalized spacial score (nSPS) is 18.8. The maximum Gasteiger partial charge on any atom is 0.291 e. The van der Waals surface area contributed by atoms with Crippen LogP contribution in [0.15, 0.2) is 23.8 Å². The first-order valence-electron chi connectivity index (χ1n) is 4.28. The van der Waals surface area contributed by atoms with Crippen molar-refractivity contribution in [2.24, 2.45) is 0 Å². The van der Waals surface area contributed by atoms with Gasteiger partial charge in [-0.3, -0.25) is 15.0 Å². The Balaban J connectivity index is 2.22. The van der Waals surface area contributed by atoms with Gasteiger partial charge in [0.1, 0.15) is 23.2 Å². The number of nitrogens with zero attached hydrogens (tertiary/aromatic N) is 2. The number of aliphatic hydroxyl groups is 1. The molecule has 2 rings (SSSR count). The minimum atomic E-state index is -0.689. The zero-order valence-corrected chi connectivity index (χ0v) is 8.78. The fourth-order valence-electron chi connectivity index (χ4n) is 1.29. The van der Waals surface area contributed by atoms with Gasteiger partial charge in [-0.25, -0.2) is 10.5 Å². The standard InChI is InChI=1S/C7H9N5O3S/c13-3-11-2-5-8-4(7(14)9-15)1-6(16)12(5)10-11/h1-2,8,10,13,15H,3H2,(H,9,14). The van der Waals surface area contributed by atoms with Gasteiger partial charge in [0.2, 0.25) is 0 Å². The average Bonchev–Trinajstić information content (AvgIpc) is 2.71. The van der Waals surface area contributed by atoms with E-state index in [9.17, 15) is 4.79 Å². The molecule has 5 N–H and O–H groups in total. The molecule has 0 aromatic rings. The van der Waals surface area contributed by atoms with Crippen molar-refractivity contribution in [2.45, 2.75) is 0 Å². The van der Waals surface area contributed by atoms with Gasteiger partial charge in [-0.15, -0.1) is 5.53 Å². The third-order valence-corrected chi connectivity index (χ3v) is 2.30. The van der Waals surface area contributed by atoms with E-state index in [2.05, 4.69) is 10.9 Å². The summed E-state index contributed by atoms with van der Waals surface area (Å²) in [6.07, 6.45) is 2.91. The Labute approximate surface area is 95.7 Å². The second-order valence-electron chi connectivity index (χ2n) is 3.02. The quantitative estimate of drug-likeness (QED) is 0.218. The number of rotatable bonds is 2. The van der Waals surface area contributed by atoms with E-state index in [1.165, 1.54) is 27.8 Å². The van der Waals surface area contributed by atoms with Crippen LogP contribution in [0.2, 0.25) is 0 Å². The topological polar surface area (TPSA) is 100 Å². The Bertz CT molecular complexity index is 407. The van der Waals surface area contributed by atoms with Crippen molar-refractivity contribution in [1.82, 2.24) is 26.3 Å². The minimum Gasteiger partial charge on any atom is -0.375 e. The highest BCUT2D eigenvalue weighted by Gasteiger charge is 2.29. The summed E-state index contributed by atoms with van der Waals surface area (Å²) in [7, 11) is 0. The molecule has 1 amide bonds. The van der Waals surface area contributed by atoms with E-state index >= 15 is 0 Å². The number of carbonyl (C=O) groups is 1. The highest BCUT2D eigenvalue weighted by atomic mass is 32.1. The number of fused-ring (bicyclic) bond motifs is 1. The van der Waals surface area contributed by atoms with Crippen LogP contribution >= 0.6 is 12.2 Å². The fourth-order valence-corrected chi connectivity index (χ4v) is 1.55. The number of hydrazine groups is 2. The van der Waals surface area contributed by atoms with Crippen molar-refractivity contribution in [3.05, 3.63) is 23.8 Å². The maximum atomic E-state index is 11.2. The first-order valence-corrected chi connectivity index (χ1v) is 4.69. The lowest BCUT2D eigenvalue weighted by Gasteiger charge is -2.27. The number of amides is 1. The number of hydroxylamine groups is 1. The first kappa shape index (κ1) is 10.8. The molecule has 0 saturated carbocycles. The van der Waals surface area contributed by atoms with E-state index in [4.69, 9.17) is 22.5 Å². The molecule has 2 heterocycles. The summed E-state index contributed by atoms with van der Waals surface area (Å²) in [6.45, 7) is -0.244. The molecule has 0 atom stereocenters. The molecule has 0 fully saturated rings. The van der Waals surface area contributed by atoms with Gasteiger partial charge in [0, 0.05) is 6.08 Å². The van der Waals surface area contributed by atoms with Gasteiger partial charge in [0.15, 0.2) is 0 Å². The number of carbonyl (C=O) groups excluding carboxylic acids is 1. The van der Waals surface area contributed by atoms with Crippen molar-refractivity contribution < 1.29 is 15.1 Å². The van der Waals surface area contributed by atoms with E-state index < -0.39 is 5.91 Å². The number of nitrogens with one attached hydrogen (secondary N) is 3. The first-order chi connectivity index (χ1) is 7.65. The van der Waals surface area contributed by atoms with Gasteiger partial charge in [0.25, 0.3) is 5.91 Å². The van der Waals surface area contributed by atoms with Crippen LogP contribution in [0.4, 0.5) is 0 Å². The SMILES string of the molecule is O=C(NO)C1=CC(=S)N2NN(CO)C=C2N1. The van der Waals surface area contributed by atoms with Crippen LogP contribution in [0.25, 0.3) is 0 Å². The van der Waals surface area contributed by atoms with E-state index in [1.54, 1.807) is 0 Å². The Morgan fingerprint density at radius 3 is 3.00 bits per heavy atom. The van der Waals surface area contributed by atoms with Crippen molar-refractivity contribution >= 4 is 23.1 Å². The molecule has 0 radical (unpaired) electrons. The Kier molecular flexibility index (Phi) is 2.75. The van der Waals surface area contributed by atoms with E-state index in [-0.39, 0.29) is 12.4 Å². The van der Waals surface area contributed by atoms with Gasteiger partial charge in [0.05, 0.1) is 6.20 Å². The van der Waals surface area contributed by atoms with E-state index in [1.807, 2.05) is 0 Å². The second-order valence-corrected chi connectivity index (χ2v) is 3.44. The molecule has 86 valence electrons. The van der Waals surface area contributed by atoms with Crippen molar-refractivity contribution in [3.63, 3.8) is 0 Å². The minimum absolute atomic E-state index is 0.122. The number of thiocarbonyl (C=S) groups is 1.